The Bertz CT molecular complexity index is 422. The van der Waals surface area contributed by atoms with Gasteiger partial charge in [-0.05, 0) is 62.4 Å². The van der Waals surface area contributed by atoms with Gasteiger partial charge in [0.2, 0.25) is 0 Å². The number of hydrogen-bond donors (Lipinski definition) is 1. The molecule has 1 aromatic rings. The average Bonchev–Trinajstić information content (AvgIpc) is 2.89. The second kappa shape index (κ2) is 6.90. The van der Waals surface area contributed by atoms with Gasteiger partial charge in [-0.1, -0.05) is 47.7 Å². The quantitative estimate of drug-likeness (QED) is 0.775. The summed E-state index contributed by atoms with van der Waals surface area (Å²) in [5.74, 6) is 0.979. The zero-order valence-corrected chi connectivity index (χ0v) is 14.0. The van der Waals surface area contributed by atoms with Crippen LogP contribution in [0.5, 0.6) is 0 Å². The van der Waals surface area contributed by atoms with Gasteiger partial charge in [0.05, 0.1) is 0 Å². The van der Waals surface area contributed by atoms with Gasteiger partial charge in [-0.15, -0.1) is 0 Å². The largest absolute Gasteiger partial charge is 0.313 e. The van der Waals surface area contributed by atoms with Crippen LogP contribution >= 0.6 is 15.9 Å². The highest BCUT2D eigenvalue weighted by Gasteiger charge is 2.19. The molecule has 19 heavy (non-hydrogen) atoms. The maximum atomic E-state index is 3.62. The molecule has 1 fully saturated rings. The molecule has 1 N–H and O–H groups in total. The Labute approximate surface area is 126 Å². The Kier molecular flexibility index (Phi) is 5.47. The van der Waals surface area contributed by atoms with Crippen LogP contribution in [0.25, 0.3) is 0 Å². The summed E-state index contributed by atoms with van der Waals surface area (Å²) in [5.41, 5.74) is 4.20. The molecule has 0 aromatic heterocycles. The highest BCUT2D eigenvalue weighted by Crippen LogP contribution is 2.33. The first-order valence-electron chi connectivity index (χ1n) is 7.55. The molecular formula is C17H26BrN. The maximum absolute atomic E-state index is 3.62. The SMILES string of the molecule is CNC(CCC1CCCC1)c1cc(C)c(Br)cc1C. The molecule has 1 aromatic carbocycles. The lowest BCUT2D eigenvalue weighted by Gasteiger charge is -2.21. The molecule has 1 atom stereocenters. The second-order valence-electron chi connectivity index (χ2n) is 6.03. The van der Waals surface area contributed by atoms with E-state index in [1.807, 2.05) is 0 Å². The molecule has 0 radical (unpaired) electrons. The Morgan fingerprint density at radius 2 is 1.89 bits per heavy atom. The van der Waals surface area contributed by atoms with E-state index in [4.69, 9.17) is 0 Å². The van der Waals surface area contributed by atoms with Gasteiger partial charge in [0.25, 0.3) is 0 Å². The minimum atomic E-state index is 0.507. The molecule has 1 aliphatic carbocycles. The third kappa shape index (κ3) is 3.82. The van der Waals surface area contributed by atoms with Gasteiger partial charge in [0, 0.05) is 10.5 Å². The third-order valence-electron chi connectivity index (χ3n) is 4.61. The van der Waals surface area contributed by atoms with Crippen molar-refractivity contribution in [3.8, 4) is 0 Å². The van der Waals surface area contributed by atoms with E-state index in [1.54, 1.807) is 0 Å². The van der Waals surface area contributed by atoms with E-state index < -0.39 is 0 Å². The number of aryl methyl sites for hydroxylation is 2. The van der Waals surface area contributed by atoms with E-state index in [2.05, 4.69) is 54.3 Å². The monoisotopic (exact) mass is 323 g/mol. The molecule has 0 heterocycles. The third-order valence-corrected chi connectivity index (χ3v) is 5.46. The van der Waals surface area contributed by atoms with Crippen LogP contribution < -0.4 is 5.32 Å². The molecule has 0 spiro atoms. The van der Waals surface area contributed by atoms with Gasteiger partial charge in [0.1, 0.15) is 0 Å². The number of rotatable bonds is 5. The van der Waals surface area contributed by atoms with Crippen LogP contribution in [0.15, 0.2) is 16.6 Å². The van der Waals surface area contributed by atoms with Crippen molar-refractivity contribution in [2.45, 2.75) is 58.4 Å². The van der Waals surface area contributed by atoms with Crippen molar-refractivity contribution in [3.05, 3.63) is 33.3 Å². The molecule has 2 heteroatoms. The summed E-state index contributed by atoms with van der Waals surface area (Å²) in [4.78, 5) is 0. The van der Waals surface area contributed by atoms with E-state index in [-0.39, 0.29) is 0 Å². The average molecular weight is 324 g/mol. The molecule has 1 unspecified atom stereocenters. The van der Waals surface area contributed by atoms with E-state index in [0.29, 0.717) is 6.04 Å². The van der Waals surface area contributed by atoms with Gasteiger partial charge in [0.15, 0.2) is 0 Å². The number of hydrogen-bond acceptors (Lipinski definition) is 1. The molecule has 0 saturated heterocycles. The second-order valence-corrected chi connectivity index (χ2v) is 6.88. The van der Waals surface area contributed by atoms with Gasteiger partial charge in [-0.25, -0.2) is 0 Å². The first kappa shape index (κ1) is 15.1. The molecule has 0 aliphatic heterocycles. The zero-order chi connectivity index (χ0) is 13.8. The normalized spacial score (nSPS) is 17.9. The van der Waals surface area contributed by atoms with Crippen LogP contribution in [0.2, 0.25) is 0 Å². The summed E-state index contributed by atoms with van der Waals surface area (Å²) in [6, 6.07) is 5.10. The Hall–Kier alpha value is -0.340. The van der Waals surface area contributed by atoms with Crippen LogP contribution in [0, 0.1) is 19.8 Å². The summed E-state index contributed by atoms with van der Waals surface area (Å²) in [5, 5.41) is 3.51. The topological polar surface area (TPSA) is 12.0 Å². The van der Waals surface area contributed by atoms with Crippen molar-refractivity contribution < 1.29 is 0 Å². The van der Waals surface area contributed by atoms with Crippen LogP contribution in [0.1, 0.15) is 61.3 Å². The molecule has 0 bridgehead atoms. The lowest BCUT2D eigenvalue weighted by molar-refractivity contribution is 0.426. The van der Waals surface area contributed by atoms with E-state index in [9.17, 15) is 0 Å². The Morgan fingerprint density at radius 3 is 2.53 bits per heavy atom. The molecule has 1 aliphatic rings. The van der Waals surface area contributed by atoms with Crippen LogP contribution in [0.4, 0.5) is 0 Å². The van der Waals surface area contributed by atoms with Gasteiger partial charge >= 0.3 is 0 Å². The molecule has 0 amide bonds. The van der Waals surface area contributed by atoms with Crippen molar-refractivity contribution in [1.29, 1.82) is 0 Å². The zero-order valence-electron chi connectivity index (χ0n) is 12.4. The van der Waals surface area contributed by atoms with E-state index in [0.717, 1.165) is 5.92 Å². The molecule has 2 rings (SSSR count). The highest BCUT2D eigenvalue weighted by atomic mass is 79.9. The minimum absolute atomic E-state index is 0.507. The van der Waals surface area contributed by atoms with Crippen molar-refractivity contribution in [3.63, 3.8) is 0 Å². The van der Waals surface area contributed by atoms with Crippen molar-refractivity contribution in [2.75, 3.05) is 7.05 Å². The van der Waals surface area contributed by atoms with Crippen LogP contribution in [0.3, 0.4) is 0 Å². The summed E-state index contributed by atoms with van der Waals surface area (Å²) in [6.07, 6.45) is 8.45. The van der Waals surface area contributed by atoms with Crippen LogP contribution in [-0.4, -0.2) is 7.05 Å². The fourth-order valence-electron chi connectivity index (χ4n) is 3.34. The van der Waals surface area contributed by atoms with Gasteiger partial charge in [-0.2, -0.15) is 0 Å². The highest BCUT2D eigenvalue weighted by molar-refractivity contribution is 9.10. The first-order valence-corrected chi connectivity index (χ1v) is 8.35. The number of halogens is 1. The van der Waals surface area contributed by atoms with E-state index >= 15 is 0 Å². The van der Waals surface area contributed by atoms with Crippen molar-refractivity contribution in [1.82, 2.24) is 5.32 Å². The minimum Gasteiger partial charge on any atom is -0.313 e. The van der Waals surface area contributed by atoms with Crippen molar-refractivity contribution in [2.24, 2.45) is 5.92 Å². The molecule has 106 valence electrons. The predicted molar refractivity (Wildman–Crippen MR) is 86.6 cm³/mol. The number of nitrogens with one attached hydrogen (secondary N) is 1. The van der Waals surface area contributed by atoms with Crippen molar-refractivity contribution >= 4 is 15.9 Å². The van der Waals surface area contributed by atoms with Gasteiger partial charge in [-0.3, -0.25) is 0 Å². The lowest BCUT2D eigenvalue weighted by atomic mass is 9.92. The Morgan fingerprint density at radius 1 is 1.21 bits per heavy atom. The fourth-order valence-corrected chi connectivity index (χ4v) is 3.79. The number of benzene rings is 1. The van der Waals surface area contributed by atoms with Crippen LogP contribution in [-0.2, 0) is 0 Å². The smallest absolute Gasteiger partial charge is 0.0320 e. The summed E-state index contributed by atoms with van der Waals surface area (Å²) >= 11 is 3.62. The molecule has 1 saturated carbocycles. The predicted octanol–water partition coefficient (Wildman–Crippen LogP) is 5.30. The van der Waals surface area contributed by atoms with E-state index in [1.165, 1.54) is 59.7 Å². The fraction of sp³-hybridized carbons (Fsp3) is 0.647. The van der Waals surface area contributed by atoms with Gasteiger partial charge < -0.3 is 5.32 Å². The molecule has 1 nitrogen and oxygen atoms in total. The standard InChI is InChI=1S/C17H26BrN/c1-12-11-16(18)13(2)10-15(12)17(19-3)9-8-14-6-4-5-7-14/h10-11,14,17,19H,4-9H2,1-3H3. The Balaban J connectivity index is 2.05. The summed E-state index contributed by atoms with van der Waals surface area (Å²) in [6.45, 7) is 4.40. The lowest BCUT2D eigenvalue weighted by Crippen LogP contribution is -2.18. The summed E-state index contributed by atoms with van der Waals surface area (Å²) < 4.78 is 1.22. The summed E-state index contributed by atoms with van der Waals surface area (Å²) in [7, 11) is 2.09. The molecular weight excluding hydrogens is 298 g/mol. The first-order chi connectivity index (χ1) is 9.11. The maximum Gasteiger partial charge on any atom is 0.0320 e.